The van der Waals surface area contributed by atoms with Gasteiger partial charge in [-0.25, -0.2) is 17.9 Å². The second-order valence-electron chi connectivity index (χ2n) is 7.72. The molecule has 0 aliphatic rings. The summed E-state index contributed by atoms with van der Waals surface area (Å²) in [5.74, 6) is 0.134. The summed E-state index contributed by atoms with van der Waals surface area (Å²) < 4.78 is 28.2. The monoisotopic (exact) mass is 564 g/mol. The Bertz CT molecular complexity index is 1020. The van der Waals surface area contributed by atoms with Gasteiger partial charge in [-0.05, 0) is 88.4 Å². The maximum atomic E-state index is 12.8. The van der Waals surface area contributed by atoms with Crippen molar-refractivity contribution in [3.63, 3.8) is 0 Å². The van der Waals surface area contributed by atoms with E-state index in [1.165, 1.54) is 12.1 Å². The number of anilines is 1. The van der Waals surface area contributed by atoms with Crippen molar-refractivity contribution in [2.75, 3.05) is 5.32 Å². The number of hydrogen-bond acceptors (Lipinski definition) is 4. The number of amides is 2. The zero-order chi connectivity index (χ0) is 22.8. The van der Waals surface area contributed by atoms with E-state index in [2.05, 4.69) is 10.0 Å². The lowest BCUT2D eigenvalue weighted by molar-refractivity contribution is 0.199. The van der Waals surface area contributed by atoms with Gasteiger partial charge in [-0.15, -0.1) is 0 Å². The summed E-state index contributed by atoms with van der Waals surface area (Å²) in [7, 11) is -4.14. The SMILES string of the molecule is CC(C)c1cc(Cl)cc(C(C)C)c1NC(=O)NS(=O)(=O)c1cc(I)cc(C(C)O)c1. The average molecular weight is 565 g/mol. The molecule has 2 amide bonds. The molecule has 2 aromatic rings. The number of halogens is 2. The molecule has 0 aliphatic carbocycles. The molecule has 1 atom stereocenters. The molecule has 0 saturated heterocycles. The Morgan fingerprint density at radius 1 is 1.00 bits per heavy atom. The standard InChI is InChI=1S/C21H26ClIN2O4S/c1-11(2)18-8-15(22)9-19(12(3)4)20(18)24-21(27)25-30(28,29)17-7-14(13(5)26)6-16(23)10-17/h6-13,26H,1-5H3,(H2,24,25,27). The van der Waals surface area contributed by atoms with Gasteiger partial charge in [-0.1, -0.05) is 39.3 Å². The summed E-state index contributed by atoms with van der Waals surface area (Å²) in [6.45, 7) is 9.43. The molecule has 0 heterocycles. The molecule has 0 radical (unpaired) electrons. The van der Waals surface area contributed by atoms with Crippen LogP contribution in [0.1, 0.15) is 69.2 Å². The summed E-state index contributed by atoms with van der Waals surface area (Å²) in [6.07, 6.45) is -0.834. The molecule has 0 fully saturated rings. The van der Waals surface area contributed by atoms with E-state index in [9.17, 15) is 18.3 Å². The van der Waals surface area contributed by atoms with E-state index in [0.717, 1.165) is 11.1 Å². The van der Waals surface area contributed by atoms with Gasteiger partial charge in [-0.3, -0.25) is 0 Å². The number of aliphatic hydroxyl groups excluding tert-OH is 1. The number of sulfonamides is 1. The molecule has 6 nitrogen and oxygen atoms in total. The lowest BCUT2D eigenvalue weighted by Gasteiger charge is -2.21. The Hall–Kier alpha value is -1.36. The Morgan fingerprint density at radius 3 is 2.00 bits per heavy atom. The van der Waals surface area contributed by atoms with Gasteiger partial charge in [0.1, 0.15) is 0 Å². The van der Waals surface area contributed by atoms with Gasteiger partial charge in [0.2, 0.25) is 0 Å². The van der Waals surface area contributed by atoms with Crippen molar-refractivity contribution >= 4 is 55.9 Å². The van der Waals surface area contributed by atoms with Crippen LogP contribution in [0.15, 0.2) is 35.2 Å². The number of urea groups is 1. The normalized spacial score (nSPS) is 12.9. The van der Waals surface area contributed by atoms with Crippen LogP contribution in [0.5, 0.6) is 0 Å². The Labute approximate surface area is 196 Å². The molecule has 164 valence electrons. The van der Waals surface area contributed by atoms with Gasteiger partial charge in [0, 0.05) is 14.3 Å². The minimum absolute atomic E-state index is 0.0670. The van der Waals surface area contributed by atoms with Gasteiger partial charge in [-0.2, -0.15) is 0 Å². The van der Waals surface area contributed by atoms with Crippen molar-refractivity contribution in [1.29, 1.82) is 0 Å². The van der Waals surface area contributed by atoms with Crippen LogP contribution in [0.2, 0.25) is 5.02 Å². The van der Waals surface area contributed by atoms with Crippen molar-refractivity contribution in [2.45, 2.75) is 57.5 Å². The largest absolute Gasteiger partial charge is 0.389 e. The van der Waals surface area contributed by atoms with Crippen molar-refractivity contribution in [2.24, 2.45) is 0 Å². The Morgan fingerprint density at radius 2 is 1.53 bits per heavy atom. The molecule has 0 spiro atoms. The molecule has 3 N–H and O–H groups in total. The molecular formula is C21H26ClIN2O4S. The lowest BCUT2D eigenvalue weighted by atomic mass is 9.92. The smallest absolute Gasteiger partial charge is 0.333 e. The highest BCUT2D eigenvalue weighted by Crippen LogP contribution is 2.35. The van der Waals surface area contributed by atoms with E-state index < -0.39 is 22.2 Å². The lowest BCUT2D eigenvalue weighted by Crippen LogP contribution is -2.35. The van der Waals surface area contributed by atoms with Crippen LogP contribution in [-0.4, -0.2) is 19.6 Å². The third-order valence-corrected chi connectivity index (χ3v) is 6.71. The quantitative estimate of drug-likeness (QED) is 0.389. The van der Waals surface area contributed by atoms with E-state index in [0.29, 0.717) is 19.8 Å². The van der Waals surface area contributed by atoms with Crippen molar-refractivity contribution in [1.82, 2.24) is 4.72 Å². The van der Waals surface area contributed by atoms with Gasteiger partial charge in [0.05, 0.1) is 11.0 Å². The summed E-state index contributed by atoms with van der Waals surface area (Å²) >= 11 is 8.21. The molecule has 30 heavy (non-hydrogen) atoms. The third kappa shape index (κ3) is 6.09. The molecule has 0 aliphatic heterocycles. The molecule has 1 unspecified atom stereocenters. The molecule has 0 bridgehead atoms. The van der Waals surface area contributed by atoms with E-state index in [4.69, 9.17) is 11.6 Å². The van der Waals surface area contributed by atoms with Gasteiger partial charge in [0.25, 0.3) is 10.0 Å². The Kier molecular flexibility index (Phi) is 8.17. The fraction of sp³-hybridized carbons (Fsp3) is 0.381. The molecule has 0 aromatic heterocycles. The topological polar surface area (TPSA) is 95.5 Å². The summed E-state index contributed by atoms with van der Waals surface area (Å²) in [5, 5.41) is 13.1. The molecule has 2 aromatic carbocycles. The predicted molar refractivity (Wildman–Crippen MR) is 129 cm³/mol. The first-order chi connectivity index (χ1) is 13.8. The fourth-order valence-electron chi connectivity index (χ4n) is 3.01. The first-order valence-corrected chi connectivity index (χ1v) is 12.4. The zero-order valence-electron chi connectivity index (χ0n) is 17.5. The highest BCUT2D eigenvalue weighted by Gasteiger charge is 2.23. The third-order valence-electron chi connectivity index (χ3n) is 4.56. The number of nitrogens with one attached hydrogen (secondary N) is 2. The first-order valence-electron chi connectivity index (χ1n) is 9.47. The van der Waals surface area contributed by atoms with Gasteiger partial charge >= 0.3 is 6.03 Å². The molecule has 2 rings (SSSR count). The van der Waals surface area contributed by atoms with Gasteiger partial charge < -0.3 is 10.4 Å². The number of rotatable bonds is 6. The summed E-state index contributed by atoms with van der Waals surface area (Å²) in [4.78, 5) is 12.6. The van der Waals surface area contributed by atoms with E-state index in [-0.39, 0.29) is 16.7 Å². The fourth-order valence-corrected chi connectivity index (χ4v) is 5.13. The number of carbonyl (C=O) groups is 1. The van der Waals surface area contributed by atoms with Crippen LogP contribution in [0.4, 0.5) is 10.5 Å². The van der Waals surface area contributed by atoms with E-state index >= 15 is 0 Å². The minimum Gasteiger partial charge on any atom is -0.389 e. The Balaban J connectivity index is 2.38. The summed E-state index contributed by atoms with van der Waals surface area (Å²) in [6, 6.07) is 7.15. The van der Waals surface area contributed by atoms with Gasteiger partial charge in [0.15, 0.2) is 0 Å². The summed E-state index contributed by atoms with van der Waals surface area (Å²) in [5.41, 5.74) is 2.66. The molecule has 9 heteroatoms. The maximum absolute atomic E-state index is 12.8. The van der Waals surface area contributed by atoms with Crippen molar-refractivity contribution in [3.8, 4) is 0 Å². The maximum Gasteiger partial charge on any atom is 0.333 e. The van der Waals surface area contributed by atoms with E-state index in [1.807, 2.05) is 50.3 Å². The van der Waals surface area contributed by atoms with Crippen LogP contribution in [0.25, 0.3) is 0 Å². The highest BCUT2D eigenvalue weighted by atomic mass is 127. The van der Waals surface area contributed by atoms with Crippen LogP contribution in [0.3, 0.4) is 0 Å². The van der Waals surface area contributed by atoms with Crippen molar-refractivity contribution < 1.29 is 18.3 Å². The average Bonchev–Trinajstić information content (AvgIpc) is 2.61. The molecular weight excluding hydrogens is 539 g/mol. The zero-order valence-corrected chi connectivity index (χ0v) is 21.2. The predicted octanol–water partition coefficient (Wildman–Crippen LogP) is 5.76. The van der Waals surface area contributed by atoms with Crippen LogP contribution in [0, 0.1) is 3.57 Å². The van der Waals surface area contributed by atoms with E-state index in [1.54, 1.807) is 25.1 Å². The second-order valence-corrected chi connectivity index (χ2v) is 11.1. The van der Waals surface area contributed by atoms with Crippen LogP contribution >= 0.6 is 34.2 Å². The van der Waals surface area contributed by atoms with Crippen LogP contribution < -0.4 is 10.0 Å². The van der Waals surface area contributed by atoms with Crippen LogP contribution in [-0.2, 0) is 10.0 Å². The second kappa shape index (κ2) is 9.84. The number of benzene rings is 2. The van der Waals surface area contributed by atoms with Crippen molar-refractivity contribution in [3.05, 3.63) is 55.6 Å². The number of carbonyl (C=O) groups excluding carboxylic acids is 1. The highest BCUT2D eigenvalue weighted by molar-refractivity contribution is 14.1. The molecule has 0 saturated carbocycles. The number of hydrogen-bond donors (Lipinski definition) is 3. The minimum atomic E-state index is -4.14. The first kappa shape index (κ1) is 24.9. The number of aliphatic hydroxyl groups is 1.